The Morgan fingerprint density at radius 3 is 2.64 bits per heavy atom. The first-order valence-corrected chi connectivity index (χ1v) is 8.57. The molecule has 146 valence electrons. The standard InChI is InChI=1S/C17H11BrF3N3O4/c1-9(10-3-2-4-11(5-10)28-17(19,20)21)23-15-6-12(18)14(24(26)27)7-13(15)22-8-16(23)25/h2-9H,1H3. The van der Waals surface area contributed by atoms with E-state index in [1.807, 2.05) is 0 Å². The van der Waals surface area contributed by atoms with Crippen molar-refractivity contribution >= 4 is 32.7 Å². The predicted molar refractivity (Wildman–Crippen MR) is 97.3 cm³/mol. The molecule has 0 saturated heterocycles. The van der Waals surface area contributed by atoms with Gasteiger partial charge in [-0.1, -0.05) is 12.1 Å². The van der Waals surface area contributed by atoms with Crippen LogP contribution in [0.3, 0.4) is 0 Å². The number of rotatable bonds is 4. The summed E-state index contributed by atoms with van der Waals surface area (Å²) in [4.78, 5) is 26.9. The second kappa shape index (κ2) is 7.23. The molecule has 0 aliphatic carbocycles. The van der Waals surface area contributed by atoms with Crippen LogP contribution < -0.4 is 10.3 Å². The van der Waals surface area contributed by atoms with Crippen molar-refractivity contribution < 1.29 is 22.8 Å². The summed E-state index contributed by atoms with van der Waals surface area (Å²) < 4.78 is 42.8. The highest BCUT2D eigenvalue weighted by molar-refractivity contribution is 9.10. The van der Waals surface area contributed by atoms with Crippen LogP contribution in [0.4, 0.5) is 18.9 Å². The van der Waals surface area contributed by atoms with E-state index in [1.165, 1.54) is 28.8 Å². The van der Waals surface area contributed by atoms with Gasteiger partial charge in [-0.25, -0.2) is 4.98 Å². The maximum atomic E-state index is 12.5. The second-order valence-electron chi connectivity index (χ2n) is 5.81. The average molecular weight is 458 g/mol. The first kappa shape index (κ1) is 19.8. The van der Waals surface area contributed by atoms with Crippen LogP contribution in [-0.4, -0.2) is 20.8 Å². The number of hydrogen-bond acceptors (Lipinski definition) is 5. The zero-order valence-electron chi connectivity index (χ0n) is 14.1. The van der Waals surface area contributed by atoms with Crippen LogP contribution in [-0.2, 0) is 0 Å². The van der Waals surface area contributed by atoms with E-state index in [2.05, 4.69) is 25.7 Å². The summed E-state index contributed by atoms with van der Waals surface area (Å²) in [7, 11) is 0. The van der Waals surface area contributed by atoms with Gasteiger partial charge < -0.3 is 4.74 Å². The van der Waals surface area contributed by atoms with Crippen LogP contribution in [0.1, 0.15) is 18.5 Å². The van der Waals surface area contributed by atoms with Crippen LogP contribution in [0.2, 0.25) is 0 Å². The third kappa shape index (κ3) is 3.98. The lowest BCUT2D eigenvalue weighted by molar-refractivity contribution is -0.385. The molecule has 0 spiro atoms. The molecule has 0 radical (unpaired) electrons. The van der Waals surface area contributed by atoms with Crippen molar-refractivity contribution in [3.8, 4) is 5.75 Å². The molecule has 0 N–H and O–H groups in total. The molecule has 1 atom stereocenters. The van der Waals surface area contributed by atoms with Gasteiger partial charge in [-0.05, 0) is 46.6 Å². The van der Waals surface area contributed by atoms with E-state index in [0.717, 1.165) is 12.3 Å². The quantitative estimate of drug-likeness (QED) is 0.422. The number of alkyl halides is 3. The molecule has 0 amide bonds. The Kier molecular flexibility index (Phi) is 5.11. The van der Waals surface area contributed by atoms with Gasteiger partial charge in [-0.15, -0.1) is 13.2 Å². The number of fused-ring (bicyclic) bond motifs is 1. The van der Waals surface area contributed by atoms with E-state index in [1.54, 1.807) is 13.0 Å². The molecule has 0 saturated carbocycles. The van der Waals surface area contributed by atoms with Crippen molar-refractivity contribution in [2.45, 2.75) is 19.3 Å². The summed E-state index contributed by atoms with van der Waals surface area (Å²) in [5.74, 6) is -0.417. The van der Waals surface area contributed by atoms with Crippen molar-refractivity contribution in [3.05, 3.63) is 73.1 Å². The fourth-order valence-electron chi connectivity index (χ4n) is 2.80. The second-order valence-corrected chi connectivity index (χ2v) is 6.67. The van der Waals surface area contributed by atoms with Gasteiger partial charge in [-0.2, -0.15) is 0 Å². The first-order valence-electron chi connectivity index (χ1n) is 7.78. The molecule has 0 fully saturated rings. The third-order valence-corrected chi connectivity index (χ3v) is 4.65. The molecular formula is C17H11BrF3N3O4. The minimum Gasteiger partial charge on any atom is -0.406 e. The predicted octanol–water partition coefficient (Wildman–Crippen LogP) is 4.58. The van der Waals surface area contributed by atoms with E-state index < -0.39 is 28.6 Å². The normalized spacial score (nSPS) is 12.8. The molecule has 1 aromatic heterocycles. The van der Waals surface area contributed by atoms with Crippen molar-refractivity contribution in [1.82, 2.24) is 9.55 Å². The lowest BCUT2D eigenvalue weighted by Crippen LogP contribution is -2.24. The summed E-state index contributed by atoms with van der Waals surface area (Å²) in [6.07, 6.45) is -3.83. The summed E-state index contributed by atoms with van der Waals surface area (Å²) in [6, 6.07) is 7.16. The lowest BCUT2D eigenvalue weighted by atomic mass is 10.1. The Morgan fingerprint density at radius 1 is 1.29 bits per heavy atom. The summed E-state index contributed by atoms with van der Waals surface area (Å²) >= 11 is 3.10. The van der Waals surface area contributed by atoms with Gasteiger partial charge in [-0.3, -0.25) is 19.5 Å². The highest BCUT2D eigenvalue weighted by Crippen LogP contribution is 2.31. The van der Waals surface area contributed by atoms with E-state index >= 15 is 0 Å². The van der Waals surface area contributed by atoms with Crippen molar-refractivity contribution in [3.63, 3.8) is 0 Å². The molecule has 11 heteroatoms. The van der Waals surface area contributed by atoms with E-state index in [4.69, 9.17) is 0 Å². The molecule has 3 rings (SSSR count). The van der Waals surface area contributed by atoms with Crippen LogP contribution in [0.15, 0.2) is 51.9 Å². The molecule has 3 aromatic rings. The number of aromatic nitrogens is 2. The summed E-state index contributed by atoms with van der Waals surface area (Å²) in [6.45, 7) is 1.61. The number of nitro benzene ring substituents is 1. The monoisotopic (exact) mass is 457 g/mol. The Morgan fingerprint density at radius 2 is 2.00 bits per heavy atom. The number of nitro groups is 1. The topological polar surface area (TPSA) is 87.3 Å². The zero-order valence-corrected chi connectivity index (χ0v) is 15.7. The number of benzene rings is 2. The fourth-order valence-corrected chi connectivity index (χ4v) is 3.28. The highest BCUT2D eigenvalue weighted by atomic mass is 79.9. The van der Waals surface area contributed by atoms with E-state index in [-0.39, 0.29) is 15.7 Å². The van der Waals surface area contributed by atoms with Crippen LogP contribution >= 0.6 is 15.9 Å². The molecule has 28 heavy (non-hydrogen) atoms. The van der Waals surface area contributed by atoms with Gasteiger partial charge in [0.2, 0.25) is 0 Å². The molecule has 0 bridgehead atoms. The number of nitrogens with zero attached hydrogens (tertiary/aromatic N) is 3. The Balaban J connectivity index is 2.14. The van der Waals surface area contributed by atoms with Crippen molar-refractivity contribution in [2.75, 3.05) is 0 Å². The minimum absolute atomic E-state index is 0.146. The minimum atomic E-state index is -4.84. The molecule has 2 aromatic carbocycles. The van der Waals surface area contributed by atoms with Gasteiger partial charge in [0.25, 0.3) is 11.2 Å². The summed E-state index contributed by atoms with van der Waals surface area (Å²) in [5, 5.41) is 11.1. The molecule has 0 aliphatic rings. The Bertz CT molecular complexity index is 1130. The van der Waals surface area contributed by atoms with Crippen molar-refractivity contribution in [2.24, 2.45) is 0 Å². The highest BCUT2D eigenvalue weighted by Gasteiger charge is 2.31. The summed E-state index contributed by atoms with van der Waals surface area (Å²) in [5.41, 5.74) is 0.135. The number of halogens is 4. The zero-order chi connectivity index (χ0) is 20.6. The number of hydrogen-bond donors (Lipinski definition) is 0. The Hall–Kier alpha value is -2.95. The van der Waals surface area contributed by atoms with E-state index in [9.17, 15) is 28.1 Å². The van der Waals surface area contributed by atoms with Crippen molar-refractivity contribution in [1.29, 1.82) is 0 Å². The van der Waals surface area contributed by atoms with Crippen LogP contribution in [0.5, 0.6) is 5.75 Å². The van der Waals surface area contributed by atoms with Gasteiger partial charge in [0, 0.05) is 6.07 Å². The fraction of sp³-hybridized carbons (Fsp3) is 0.176. The lowest BCUT2D eigenvalue weighted by Gasteiger charge is -2.19. The van der Waals surface area contributed by atoms with Gasteiger partial charge in [0.1, 0.15) is 5.75 Å². The largest absolute Gasteiger partial charge is 0.573 e. The van der Waals surface area contributed by atoms with Crippen LogP contribution in [0.25, 0.3) is 11.0 Å². The molecule has 1 unspecified atom stereocenters. The molecular weight excluding hydrogens is 447 g/mol. The Labute approximate surface area is 163 Å². The third-order valence-electron chi connectivity index (χ3n) is 4.01. The van der Waals surface area contributed by atoms with Gasteiger partial charge in [0.15, 0.2) is 0 Å². The first-order chi connectivity index (χ1) is 13.1. The van der Waals surface area contributed by atoms with E-state index in [0.29, 0.717) is 11.1 Å². The van der Waals surface area contributed by atoms with Gasteiger partial charge in [0.05, 0.1) is 32.7 Å². The smallest absolute Gasteiger partial charge is 0.406 e. The molecule has 1 heterocycles. The molecule has 0 aliphatic heterocycles. The SMILES string of the molecule is CC(c1cccc(OC(F)(F)F)c1)n1c(=O)cnc2cc([N+](=O)[O-])c(Br)cc21. The average Bonchev–Trinajstić information content (AvgIpc) is 2.59. The molecule has 7 nitrogen and oxygen atoms in total. The van der Waals surface area contributed by atoms with Gasteiger partial charge >= 0.3 is 6.36 Å². The maximum absolute atomic E-state index is 12.5. The maximum Gasteiger partial charge on any atom is 0.573 e. The number of ether oxygens (including phenoxy) is 1. The van der Waals surface area contributed by atoms with Crippen LogP contribution in [0, 0.1) is 10.1 Å².